The molecule has 0 radical (unpaired) electrons. The van der Waals surface area contributed by atoms with Crippen molar-refractivity contribution >= 4 is 21.6 Å². The summed E-state index contributed by atoms with van der Waals surface area (Å²) in [4.78, 5) is 4.54. The molecular weight excluding hydrogens is 302 g/mol. The monoisotopic (exact) mass is 321 g/mol. The summed E-state index contributed by atoms with van der Waals surface area (Å²) < 4.78 is 1.01. The van der Waals surface area contributed by atoms with E-state index in [1.807, 2.05) is 18.2 Å². The van der Waals surface area contributed by atoms with Gasteiger partial charge in [-0.1, -0.05) is 15.9 Å². The third-order valence-electron chi connectivity index (χ3n) is 4.26. The lowest BCUT2D eigenvalue weighted by molar-refractivity contribution is 0.0683. The first-order chi connectivity index (χ1) is 8.98. The van der Waals surface area contributed by atoms with Crippen LogP contribution in [0.1, 0.15) is 24.8 Å². The van der Waals surface area contributed by atoms with Crippen LogP contribution >= 0.6 is 15.9 Å². The Morgan fingerprint density at radius 2 is 2.00 bits per heavy atom. The second kappa shape index (κ2) is 5.52. The Morgan fingerprint density at radius 1 is 1.32 bits per heavy atom. The van der Waals surface area contributed by atoms with Crippen molar-refractivity contribution in [3.63, 3.8) is 0 Å². The molecule has 3 nitrogen and oxygen atoms in total. The Labute approximate surface area is 123 Å². The molecule has 1 aliphatic rings. The van der Waals surface area contributed by atoms with Crippen LogP contribution in [0.15, 0.2) is 22.7 Å². The highest BCUT2D eigenvalue weighted by Crippen LogP contribution is 2.38. The van der Waals surface area contributed by atoms with Crippen molar-refractivity contribution in [1.82, 2.24) is 4.90 Å². The van der Waals surface area contributed by atoms with E-state index < -0.39 is 0 Å². The van der Waals surface area contributed by atoms with Gasteiger partial charge >= 0.3 is 0 Å². The van der Waals surface area contributed by atoms with Crippen molar-refractivity contribution in [2.75, 3.05) is 32.6 Å². The lowest BCUT2D eigenvalue weighted by atomic mass is 9.75. The van der Waals surface area contributed by atoms with Gasteiger partial charge in [-0.15, -0.1) is 0 Å². The third-order valence-corrected chi connectivity index (χ3v) is 4.75. The fourth-order valence-electron chi connectivity index (χ4n) is 2.77. The predicted molar refractivity (Wildman–Crippen MR) is 82.4 cm³/mol. The van der Waals surface area contributed by atoms with E-state index in [0.717, 1.165) is 22.3 Å². The number of nitrogens with zero attached hydrogens (tertiary/aromatic N) is 3. The van der Waals surface area contributed by atoms with Crippen LogP contribution in [0.5, 0.6) is 0 Å². The normalized spacial score (nSPS) is 16.8. The number of likely N-dealkylation sites (N-methyl/N-ethyl adjacent to an activating group) is 2. The number of rotatable bonds is 4. The first-order valence-corrected chi connectivity index (χ1v) is 7.36. The molecule has 0 bridgehead atoms. The van der Waals surface area contributed by atoms with Gasteiger partial charge in [0, 0.05) is 23.6 Å². The summed E-state index contributed by atoms with van der Waals surface area (Å²) in [5.41, 5.74) is 2.01. The molecule has 19 heavy (non-hydrogen) atoms. The van der Waals surface area contributed by atoms with Gasteiger partial charge in [-0.05, 0) is 51.6 Å². The average Bonchev–Trinajstić information content (AvgIpc) is 2.33. The lowest BCUT2D eigenvalue weighted by Crippen LogP contribution is -2.56. The number of halogens is 1. The molecule has 0 unspecified atom stereocenters. The second-order valence-electron chi connectivity index (χ2n) is 5.60. The maximum absolute atomic E-state index is 9.23. The quantitative estimate of drug-likeness (QED) is 0.852. The Kier molecular flexibility index (Phi) is 4.17. The van der Waals surface area contributed by atoms with E-state index in [0.29, 0.717) is 0 Å². The summed E-state index contributed by atoms with van der Waals surface area (Å²) >= 11 is 3.49. The van der Waals surface area contributed by atoms with E-state index in [4.69, 9.17) is 0 Å². The number of hydrogen-bond acceptors (Lipinski definition) is 3. The maximum atomic E-state index is 9.23. The molecule has 0 aromatic heterocycles. The van der Waals surface area contributed by atoms with Crippen LogP contribution in [0.3, 0.4) is 0 Å². The Balaban J connectivity index is 2.23. The smallest absolute Gasteiger partial charge is 0.101 e. The molecule has 1 saturated carbocycles. The zero-order valence-corrected chi connectivity index (χ0v) is 13.4. The fraction of sp³-hybridized carbons (Fsp3) is 0.533. The summed E-state index contributed by atoms with van der Waals surface area (Å²) in [6.07, 6.45) is 3.77. The first kappa shape index (κ1) is 14.4. The SMILES string of the molecule is CN(CC1(N(C)C)CCC1)c1cc(Br)ccc1C#N. The maximum Gasteiger partial charge on any atom is 0.101 e. The Bertz CT molecular complexity index is 501. The lowest BCUT2D eigenvalue weighted by Gasteiger charge is -2.49. The van der Waals surface area contributed by atoms with Gasteiger partial charge in [0.25, 0.3) is 0 Å². The van der Waals surface area contributed by atoms with E-state index >= 15 is 0 Å². The Morgan fingerprint density at radius 3 is 2.47 bits per heavy atom. The summed E-state index contributed by atoms with van der Waals surface area (Å²) in [7, 11) is 6.38. The summed E-state index contributed by atoms with van der Waals surface area (Å²) in [5, 5.41) is 9.23. The van der Waals surface area contributed by atoms with Crippen LogP contribution in [-0.2, 0) is 0 Å². The van der Waals surface area contributed by atoms with Gasteiger partial charge in [0.2, 0.25) is 0 Å². The van der Waals surface area contributed by atoms with E-state index in [1.54, 1.807) is 0 Å². The highest BCUT2D eigenvalue weighted by Gasteiger charge is 2.40. The van der Waals surface area contributed by atoms with Crippen molar-refractivity contribution in [2.24, 2.45) is 0 Å². The van der Waals surface area contributed by atoms with Crippen molar-refractivity contribution in [2.45, 2.75) is 24.8 Å². The van der Waals surface area contributed by atoms with Crippen molar-refractivity contribution in [1.29, 1.82) is 5.26 Å². The van der Waals surface area contributed by atoms with Crippen LogP contribution in [0.2, 0.25) is 0 Å². The number of hydrogen-bond donors (Lipinski definition) is 0. The van der Waals surface area contributed by atoms with E-state index in [-0.39, 0.29) is 5.54 Å². The van der Waals surface area contributed by atoms with Crippen LogP contribution < -0.4 is 4.90 Å². The molecule has 0 N–H and O–H groups in total. The molecule has 0 amide bonds. The second-order valence-corrected chi connectivity index (χ2v) is 6.52. The summed E-state index contributed by atoms with van der Waals surface area (Å²) in [5.74, 6) is 0. The highest BCUT2D eigenvalue weighted by atomic mass is 79.9. The fourth-order valence-corrected chi connectivity index (χ4v) is 3.12. The van der Waals surface area contributed by atoms with Crippen molar-refractivity contribution in [3.8, 4) is 6.07 Å². The minimum absolute atomic E-state index is 0.268. The average molecular weight is 322 g/mol. The first-order valence-electron chi connectivity index (χ1n) is 6.57. The van der Waals surface area contributed by atoms with Gasteiger partial charge in [-0.3, -0.25) is 0 Å². The topological polar surface area (TPSA) is 30.3 Å². The number of anilines is 1. The molecule has 4 heteroatoms. The predicted octanol–water partition coefficient (Wildman–Crippen LogP) is 3.24. The zero-order chi connectivity index (χ0) is 14.0. The number of nitriles is 1. The third kappa shape index (κ3) is 2.77. The number of benzene rings is 1. The molecule has 0 heterocycles. The van der Waals surface area contributed by atoms with Gasteiger partial charge < -0.3 is 9.80 Å². The zero-order valence-electron chi connectivity index (χ0n) is 11.8. The van der Waals surface area contributed by atoms with Crippen LogP contribution in [0, 0.1) is 11.3 Å². The van der Waals surface area contributed by atoms with Crippen LogP contribution in [0.25, 0.3) is 0 Å². The molecule has 102 valence electrons. The molecule has 0 atom stereocenters. The summed E-state index contributed by atoms with van der Waals surface area (Å²) in [6, 6.07) is 8.10. The molecular formula is C15H20BrN3. The Hall–Kier alpha value is -1.05. The molecule has 1 aromatic carbocycles. The van der Waals surface area contributed by atoms with E-state index in [9.17, 15) is 5.26 Å². The molecule has 1 aromatic rings. The minimum atomic E-state index is 0.268. The van der Waals surface area contributed by atoms with Gasteiger partial charge in [-0.2, -0.15) is 5.26 Å². The molecule has 1 fully saturated rings. The van der Waals surface area contributed by atoms with Gasteiger partial charge in [0.15, 0.2) is 0 Å². The molecule has 0 spiro atoms. The molecule has 0 aliphatic heterocycles. The molecule has 1 aliphatic carbocycles. The molecule has 0 saturated heterocycles. The highest BCUT2D eigenvalue weighted by molar-refractivity contribution is 9.10. The standard InChI is InChI=1S/C15H20BrN3/c1-18(2)15(7-4-8-15)11-19(3)14-9-13(16)6-5-12(14)10-17/h5-6,9H,4,7-8,11H2,1-3H3. The van der Waals surface area contributed by atoms with E-state index in [1.165, 1.54) is 19.3 Å². The van der Waals surface area contributed by atoms with Gasteiger partial charge in [-0.25, -0.2) is 0 Å². The van der Waals surface area contributed by atoms with Crippen LogP contribution in [-0.4, -0.2) is 38.1 Å². The van der Waals surface area contributed by atoms with Gasteiger partial charge in [0.05, 0.1) is 11.3 Å². The molecule has 2 rings (SSSR count). The minimum Gasteiger partial charge on any atom is -0.372 e. The largest absolute Gasteiger partial charge is 0.372 e. The van der Waals surface area contributed by atoms with Crippen LogP contribution in [0.4, 0.5) is 5.69 Å². The van der Waals surface area contributed by atoms with Crippen molar-refractivity contribution < 1.29 is 0 Å². The van der Waals surface area contributed by atoms with E-state index in [2.05, 4.69) is 52.9 Å². The van der Waals surface area contributed by atoms with Crippen molar-refractivity contribution in [3.05, 3.63) is 28.2 Å². The van der Waals surface area contributed by atoms with Gasteiger partial charge in [0.1, 0.15) is 6.07 Å². The summed E-state index contributed by atoms with van der Waals surface area (Å²) in [6.45, 7) is 0.963.